The maximum absolute atomic E-state index is 12.6. The third-order valence-corrected chi connectivity index (χ3v) is 5.20. The number of nitrogens with two attached hydrogens (primary N) is 1. The molecule has 1 aromatic carbocycles. The highest BCUT2D eigenvalue weighted by Crippen LogP contribution is 2.51. The quantitative estimate of drug-likeness (QED) is 0.794. The molecule has 0 radical (unpaired) electrons. The fourth-order valence-corrected chi connectivity index (χ4v) is 3.65. The van der Waals surface area contributed by atoms with Crippen molar-refractivity contribution in [3.05, 3.63) is 35.9 Å². The van der Waals surface area contributed by atoms with E-state index in [2.05, 4.69) is 16.9 Å². The predicted octanol–water partition coefficient (Wildman–Crippen LogP) is 0.403. The van der Waals surface area contributed by atoms with Crippen LogP contribution in [0.15, 0.2) is 30.3 Å². The van der Waals surface area contributed by atoms with Crippen LogP contribution >= 0.6 is 0 Å². The van der Waals surface area contributed by atoms with Gasteiger partial charge >= 0.3 is 0 Å². The van der Waals surface area contributed by atoms with Gasteiger partial charge in [0.05, 0.1) is 6.04 Å². The van der Waals surface area contributed by atoms with E-state index in [9.17, 15) is 13.2 Å². The van der Waals surface area contributed by atoms with E-state index in [-0.39, 0.29) is 17.4 Å². The molecule has 0 bridgehead atoms. The summed E-state index contributed by atoms with van der Waals surface area (Å²) in [4.78, 5) is 14.3. The number of aryl methyl sites for hydroxylation is 1. The van der Waals surface area contributed by atoms with Gasteiger partial charge in [-0.3, -0.25) is 4.79 Å². The Morgan fingerprint density at radius 1 is 1.27 bits per heavy atom. The number of hydrogen-bond donors (Lipinski definition) is 2. The molecule has 1 heterocycles. The van der Waals surface area contributed by atoms with Crippen molar-refractivity contribution in [2.45, 2.75) is 31.7 Å². The maximum Gasteiger partial charge on any atom is 0.274 e. The Morgan fingerprint density at radius 3 is 2.45 bits per heavy atom. The van der Waals surface area contributed by atoms with Crippen molar-refractivity contribution in [1.29, 1.82) is 0 Å². The number of benzene rings is 1. The molecule has 2 aliphatic rings. The molecule has 7 heteroatoms. The predicted molar refractivity (Wildman–Crippen MR) is 83.0 cm³/mol. The van der Waals surface area contributed by atoms with E-state index in [1.165, 1.54) is 5.56 Å². The maximum atomic E-state index is 12.6. The molecule has 0 spiro atoms. The zero-order valence-electron chi connectivity index (χ0n) is 12.4. The number of carbonyl (C=O) groups excluding carboxylic acids is 1. The molecular formula is C15H21N3O3S. The molecule has 3 rings (SSSR count). The van der Waals surface area contributed by atoms with E-state index >= 15 is 0 Å². The minimum absolute atomic E-state index is 0.163. The second-order valence-electron chi connectivity index (χ2n) is 6.34. The Morgan fingerprint density at radius 2 is 1.91 bits per heavy atom. The lowest BCUT2D eigenvalue weighted by atomic mass is 9.93. The third-order valence-electron chi connectivity index (χ3n) is 4.54. The van der Waals surface area contributed by atoms with Crippen LogP contribution < -0.4 is 9.86 Å². The standard InChI is InChI=1S/C15H21N3O3S/c16-22(20,21)17-13-10-18(11-13)14(19)15(8-9-15)7-6-12-4-2-1-3-5-12/h1-5,13,17H,6-11H2,(H2,16,20,21). The molecular weight excluding hydrogens is 302 g/mol. The van der Waals surface area contributed by atoms with Crippen molar-refractivity contribution in [2.24, 2.45) is 10.6 Å². The number of nitrogens with one attached hydrogen (secondary N) is 1. The topological polar surface area (TPSA) is 92.5 Å². The number of likely N-dealkylation sites (tertiary alicyclic amines) is 1. The van der Waals surface area contributed by atoms with Gasteiger partial charge in [0.15, 0.2) is 0 Å². The molecule has 6 nitrogen and oxygen atoms in total. The lowest BCUT2D eigenvalue weighted by molar-refractivity contribution is -0.142. The van der Waals surface area contributed by atoms with Gasteiger partial charge < -0.3 is 4.90 Å². The second kappa shape index (κ2) is 5.64. The van der Waals surface area contributed by atoms with Gasteiger partial charge in [0.1, 0.15) is 0 Å². The first kappa shape index (κ1) is 15.5. The first-order valence-corrected chi connectivity index (χ1v) is 9.06. The lowest BCUT2D eigenvalue weighted by Crippen LogP contribution is -2.63. The summed E-state index contributed by atoms with van der Waals surface area (Å²) in [6, 6.07) is 9.92. The molecule has 0 aromatic heterocycles. The Hall–Kier alpha value is -1.44. The van der Waals surface area contributed by atoms with E-state index in [1.807, 2.05) is 18.2 Å². The van der Waals surface area contributed by atoms with Crippen LogP contribution in [0.25, 0.3) is 0 Å². The van der Waals surface area contributed by atoms with E-state index in [0.29, 0.717) is 13.1 Å². The van der Waals surface area contributed by atoms with Gasteiger partial charge in [0, 0.05) is 18.5 Å². The summed E-state index contributed by atoms with van der Waals surface area (Å²) >= 11 is 0. The molecule has 1 aliphatic heterocycles. The zero-order valence-corrected chi connectivity index (χ0v) is 13.2. The van der Waals surface area contributed by atoms with Crippen LogP contribution in [0.5, 0.6) is 0 Å². The normalized spacial score (nSPS) is 20.5. The summed E-state index contributed by atoms with van der Waals surface area (Å²) in [5, 5.41) is 4.94. The number of nitrogens with zero attached hydrogens (tertiary/aromatic N) is 1. The van der Waals surface area contributed by atoms with Crippen LogP contribution in [0.2, 0.25) is 0 Å². The van der Waals surface area contributed by atoms with Crippen molar-refractivity contribution in [2.75, 3.05) is 13.1 Å². The first-order chi connectivity index (χ1) is 10.4. The van der Waals surface area contributed by atoms with Gasteiger partial charge in [-0.2, -0.15) is 13.1 Å². The average molecular weight is 323 g/mol. The van der Waals surface area contributed by atoms with Crippen molar-refractivity contribution in [3.8, 4) is 0 Å². The van der Waals surface area contributed by atoms with Crippen molar-refractivity contribution >= 4 is 16.1 Å². The lowest BCUT2D eigenvalue weighted by Gasteiger charge is -2.41. The molecule has 120 valence electrons. The highest BCUT2D eigenvalue weighted by atomic mass is 32.2. The van der Waals surface area contributed by atoms with Gasteiger partial charge in [-0.25, -0.2) is 5.14 Å². The molecule has 0 unspecified atom stereocenters. The minimum atomic E-state index is -3.69. The van der Waals surface area contributed by atoms with E-state index in [1.54, 1.807) is 4.90 Å². The molecule has 0 atom stereocenters. The van der Waals surface area contributed by atoms with Gasteiger partial charge in [0.2, 0.25) is 5.91 Å². The Kier molecular flexibility index (Phi) is 3.96. The molecule has 1 saturated carbocycles. The molecule has 22 heavy (non-hydrogen) atoms. The smallest absolute Gasteiger partial charge is 0.274 e. The highest BCUT2D eigenvalue weighted by Gasteiger charge is 2.52. The Bertz CT molecular complexity index is 650. The molecule has 3 N–H and O–H groups in total. The second-order valence-corrected chi connectivity index (χ2v) is 7.66. The van der Waals surface area contributed by atoms with Crippen molar-refractivity contribution < 1.29 is 13.2 Å². The summed E-state index contributed by atoms with van der Waals surface area (Å²) in [5.74, 6) is 0.163. The van der Waals surface area contributed by atoms with Crippen LogP contribution in [0.3, 0.4) is 0 Å². The number of amides is 1. The average Bonchev–Trinajstić information content (AvgIpc) is 3.21. The zero-order chi connectivity index (χ0) is 15.8. The largest absolute Gasteiger partial charge is 0.339 e. The third kappa shape index (κ3) is 3.48. The van der Waals surface area contributed by atoms with Crippen LogP contribution in [-0.4, -0.2) is 38.4 Å². The SMILES string of the molecule is NS(=O)(=O)NC1CN(C(=O)C2(CCc3ccccc3)CC2)C1. The summed E-state index contributed by atoms with van der Waals surface area (Å²) in [6.45, 7) is 0.838. The summed E-state index contributed by atoms with van der Waals surface area (Å²) < 4.78 is 24.2. The van der Waals surface area contributed by atoms with E-state index in [4.69, 9.17) is 5.14 Å². The number of rotatable bonds is 6. The van der Waals surface area contributed by atoms with Crippen molar-refractivity contribution in [3.63, 3.8) is 0 Å². The van der Waals surface area contributed by atoms with Crippen LogP contribution in [0.4, 0.5) is 0 Å². The van der Waals surface area contributed by atoms with E-state index < -0.39 is 10.2 Å². The van der Waals surface area contributed by atoms with Gasteiger partial charge in [-0.15, -0.1) is 0 Å². The molecule has 2 fully saturated rings. The minimum Gasteiger partial charge on any atom is -0.339 e. The highest BCUT2D eigenvalue weighted by molar-refractivity contribution is 7.87. The summed E-state index contributed by atoms with van der Waals surface area (Å²) in [7, 11) is -3.69. The van der Waals surface area contributed by atoms with Gasteiger partial charge in [-0.05, 0) is 31.2 Å². The van der Waals surface area contributed by atoms with Gasteiger partial charge in [-0.1, -0.05) is 30.3 Å². The van der Waals surface area contributed by atoms with E-state index in [0.717, 1.165) is 25.7 Å². The molecule has 1 saturated heterocycles. The van der Waals surface area contributed by atoms with Crippen LogP contribution in [-0.2, 0) is 21.4 Å². The summed E-state index contributed by atoms with van der Waals surface area (Å²) in [5.41, 5.74) is 1.03. The Labute approximate surface area is 130 Å². The summed E-state index contributed by atoms with van der Waals surface area (Å²) in [6.07, 6.45) is 3.63. The van der Waals surface area contributed by atoms with Gasteiger partial charge in [0.25, 0.3) is 10.2 Å². The van der Waals surface area contributed by atoms with Crippen molar-refractivity contribution in [1.82, 2.24) is 9.62 Å². The molecule has 1 aromatic rings. The first-order valence-electron chi connectivity index (χ1n) is 7.51. The fourth-order valence-electron chi connectivity index (χ4n) is 3.04. The van der Waals surface area contributed by atoms with Crippen LogP contribution in [0.1, 0.15) is 24.8 Å². The molecule has 1 aliphatic carbocycles. The fraction of sp³-hybridized carbons (Fsp3) is 0.533. The number of hydrogen-bond acceptors (Lipinski definition) is 3. The number of carbonyl (C=O) groups is 1. The Balaban J connectivity index is 1.50. The van der Waals surface area contributed by atoms with Crippen LogP contribution in [0, 0.1) is 5.41 Å². The molecule has 1 amide bonds. The monoisotopic (exact) mass is 323 g/mol.